The van der Waals surface area contributed by atoms with Crippen molar-refractivity contribution in [2.45, 2.75) is 42.0 Å². The van der Waals surface area contributed by atoms with Crippen molar-refractivity contribution in [2.75, 3.05) is 11.4 Å². The fraction of sp³-hybridized carbons (Fsp3) is 0.316. The fourth-order valence-electron chi connectivity index (χ4n) is 3.42. The lowest BCUT2D eigenvalue weighted by atomic mass is 10.0. The Bertz CT molecular complexity index is 700. The number of para-hydroxylation sites is 2. The van der Waals surface area contributed by atoms with E-state index in [1.54, 1.807) is 11.8 Å². The molecule has 0 N–H and O–H groups in total. The third kappa shape index (κ3) is 2.51. The number of hydrogen-bond donors (Lipinski definition) is 0. The number of hydrogen-bond acceptors (Lipinski definition) is 2. The lowest BCUT2D eigenvalue weighted by molar-refractivity contribution is 0.166. The average Bonchev–Trinajstić information content (AvgIpc) is 2.59. The fourth-order valence-corrected chi connectivity index (χ4v) is 4.48. The summed E-state index contributed by atoms with van der Waals surface area (Å²) in [6.45, 7) is 3.02. The highest BCUT2D eigenvalue weighted by Crippen LogP contribution is 2.48. The molecule has 0 radical (unpaired) electrons. The van der Waals surface area contributed by atoms with Crippen LogP contribution >= 0.6 is 11.8 Å². The minimum atomic E-state index is 0.109. The molecule has 2 aromatic rings. The molecule has 4 heteroatoms. The third-order valence-corrected chi connectivity index (χ3v) is 5.80. The van der Waals surface area contributed by atoms with Gasteiger partial charge in [0.15, 0.2) is 0 Å². The van der Waals surface area contributed by atoms with Crippen LogP contribution in [0.3, 0.4) is 0 Å². The highest BCUT2D eigenvalue weighted by Gasteiger charge is 2.33. The zero-order chi connectivity index (χ0) is 15.8. The van der Waals surface area contributed by atoms with Crippen LogP contribution in [-0.4, -0.2) is 23.5 Å². The number of carbonyl (C=O) groups is 1. The monoisotopic (exact) mass is 324 g/mol. The highest BCUT2D eigenvalue weighted by molar-refractivity contribution is 7.99. The molecule has 1 saturated heterocycles. The number of urea groups is 1. The van der Waals surface area contributed by atoms with Crippen LogP contribution < -0.4 is 4.90 Å². The maximum Gasteiger partial charge on any atom is 0.329 e. The SMILES string of the molecule is C[C@@H]1CCCCN1C(=O)N1c2ccccc2Sc2ccccc21. The topological polar surface area (TPSA) is 23.6 Å². The Hall–Kier alpha value is -1.94. The summed E-state index contributed by atoms with van der Waals surface area (Å²) in [6.07, 6.45) is 3.41. The van der Waals surface area contributed by atoms with Gasteiger partial charge in [-0.3, -0.25) is 4.90 Å². The lowest BCUT2D eigenvalue weighted by Gasteiger charge is -2.39. The van der Waals surface area contributed by atoms with Crippen LogP contribution in [0.1, 0.15) is 26.2 Å². The number of carbonyl (C=O) groups excluding carboxylic acids is 1. The Morgan fingerprint density at radius 3 is 2.22 bits per heavy atom. The molecule has 1 fully saturated rings. The quantitative estimate of drug-likeness (QED) is 0.658. The Morgan fingerprint density at radius 1 is 1.00 bits per heavy atom. The molecular formula is C19H20N2OS. The van der Waals surface area contributed by atoms with Gasteiger partial charge in [0.1, 0.15) is 0 Å². The molecule has 0 aromatic heterocycles. The van der Waals surface area contributed by atoms with E-state index in [4.69, 9.17) is 0 Å². The van der Waals surface area contributed by atoms with Crippen molar-refractivity contribution in [1.29, 1.82) is 0 Å². The van der Waals surface area contributed by atoms with E-state index in [2.05, 4.69) is 19.1 Å². The molecule has 4 rings (SSSR count). The second-order valence-electron chi connectivity index (χ2n) is 6.19. The van der Waals surface area contributed by atoms with E-state index in [-0.39, 0.29) is 6.03 Å². The van der Waals surface area contributed by atoms with Gasteiger partial charge in [-0.2, -0.15) is 0 Å². The smallest absolute Gasteiger partial charge is 0.321 e. The van der Waals surface area contributed by atoms with Gasteiger partial charge in [0.2, 0.25) is 0 Å². The Kier molecular flexibility index (Phi) is 3.77. The van der Waals surface area contributed by atoms with Gasteiger partial charge in [0.05, 0.1) is 11.4 Å². The molecule has 3 nitrogen and oxygen atoms in total. The summed E-state index contributed by atoms with van der Waals surface area (Å²) in [6, 6.07) is 16.8. The molecule has 0 bridgehead atoms. The molecule has 2 aromatic carbocycles. The van der Waals surface area contributed by atoms with Gasteiger partial charge in [-0.1, -0.05) is 36.0 Å². The molecule has 23 heavy (non-hydrogen) atoms. The van der Waals surface area contributed by atoms with Gasteiger partial charge in [-0.05, 0) is 50.5 Å². The second kappa shape index (κ2) is 5.93. The lowest BCUT2D eigenvalue weighted by Crippen LogP contribution is -2.48. The van der Waals surface area contributed by atoms with Gasteiger partial charge in [0.25, 0.3) is 0 Å². The van der Waals surface area contributed by atoms with E-state index < -0.39 is 0 Å². The highest BCUT2D eigenvalue weighted by atomic mass is 32.2. The number of rotatable bonds is 0. The Morgan fingerprint density at radius 2 is 1.61 bits per heavy atom. The maximum atomic E-state index is 13.3. The first-order valence-corrected chi connectivity index (χ1v) is 9.04. The minimum absolute atomic E-state index is 0.109. The van der Waals surface area contributed by atoms with E-state index in [0.29, 0.717) is 6.04 Å². The van der Waals surface area contributed by atoms with Crippen molar-refractivity contribution in [3.05, 3.63) is 48.5 Å². The van der Waals surface area contributed by atoms with Crippen LogP contribution in [0.2, 0.25) is 0 Å². The van der Waals surface area contributed by atoms with Gasteiger partial charge in [-0.25, -0.2) is 4.79 Å². The van der Waals surface area contributed by atoms with Crippen LogP contribution in [0.4, 0.5) is 16.2 Å². The van der Waals surface area contributed by atoms with Gasteiger partial charge < -0.3 is 4.90 Å². The van der Waals surface area contributed by atoms with Crippen LogP contribution in [0.5, 0.6) is 0 Å². The molecular weight excluding hydrogens is 304 g/mol. The summed E-state index contributed by atoms with van der Waals surface area (Å²) in [7, 11) is 0. The van der Waals surface area contributed by atoms with E-state index in [1.807, 2.05) is 46.2 Å². The summed E-state index contributed by atoms with van der Waals surface area (Å²) in [4.78, 5) is 19.6. The summed E-state index contributed by atoms with van der Waals surface area (Å²) in [5.74, 6) is 0. The summed E-state index contributed by atoms with van der Waals surface area (Å²) >= 11 is 1.74. The number of likely N-dealkylation sites (tertiary alicyclic amines) is 1. The van der Waals surface area contributed by atoms with Crippen molar-refractivity contribution in [2.24, 2.45) is 0 Å². The predicted molar refractivity (Wildman–Crippen MR) is 94.6 cm³/mol. The first kappa shape index (κ1) is 14.6. The molecule has 2 aliphatic heterocycles. The van der Waals surface area contributed by atoms with Crippen molar-refractivity contribution < 1.29 is 4.79 Å². The third-order valence-electron chi connectivity index (χ3n) is 4.67. The average molecular weight is 324 g/mol. The normalized spacial score (nSPS) is 20.0. The molecule has 1 atom stereocenters. The molecule has 2 amide bonds. The molecule has 0 spiro atoms. The zero-order valence-electron chi connectivity index (χ0n) is 13.2. The molecule has 2 heterocycles. The minimum Gasteiger partial charge on any atom is -0.321 e. The number of amides is 2. The molecule has 118 valence electrons. The number of nitrogens with zero attached hydrogens (tertiary/aromatic N) is 2. The van der Waals surface area contributed by atoms with Gasteiger partial charge in [-0.15, -0.1) is 0 Å². The zero-order valence-corrected chi connectivity index (χ0v) is 14.1. The number of piperidine rings is 1. The van der Waals surface area contributed by atoms with Crippen LogP contribution in [0.25, 0.3) is 0 Å². The van der Waals surface area contributed by atoms with E-state index in [0.717, 1.165) is 40.6 Å². The number of benzene rings is 2. The molecule has 2 aliphatic rings. The van der Waals surface area contributed by atoms with Gasteiger partial charge in [0, 0.05) is 22.4 Å². The largest absolute Gasteiger partial charge is 0.329 e. The molecule has 0 unspecified atom stereocenters. The van der Waals surface area contributed by atoms with E-state index in [9.17, 15) is 4.79 Å². The maximum absolute atomic E-state index is 13.3. The summed E-state index contributed by atoms with van der Waals surface area (Å²) < 4.78 is 0. The van der Waals surface area contributed by atoms with E-state index >= 15 is 0 Å². The Labute approximate surface area is 141 Å². The standard InChI is InChI=1S/C19H20N2OS/c1-14-8-6-7-13-20(14)19(22)21-15-9-2-4-11-17(15)23-18-12-5-3-10-16(18)21/h2-5,9-12,14H,6-8,13H2,1H3/t14-/m1/s1. The summed E-state index contributed by atoms with van der Waals surface area (Å²) in [5.41, 5.74) is 2.00. The van der Waals surface area contributed by atoms with Gasteiger partial charge >= 0.3 is 6.03 Å². The molecule has 0 aliphatic carbocycles. The van der Waals surface area contributed by atoms with Crippen LogP contribution in [0.15, 0.2) is 58.3 Å². The first-order chi connectivity index (χ1) is 11.3. The van der Waals surface area contributed by atoms with Crippen LogP contribution in [0, 0.1) is 0 Å². The van der Waals surface area contributed by atoms with Crippen LogP contribution in [-0.2, 0) is 0 Å². The predicted octanol–water partition coefficient (Wildman–Crippen LogP) is 5.28. The second-order valence-corrected chi connectivity index (χ2v) is 7.28. The number of fused-ring (bicyclic) bond motifs is 2. The van der Waals surface area contributed by atoms with Crippen molar-refractivity contribution >= 4 is 29.2 Å². The Balaban J connectivity index is 1.79. The van der Waals surface area contributed by atoms with Crippen molar-refractivity contribution in [1.82, 2.24) is 4.90 Å². The summed E-state index contributed by atoms with van der Waals surface area (Å²) in [5, 5.41) is 0. The van der Waals surface area contributed by atoms with Crippen molar-refractivity contribution in [3.8, 4) is 0 Å². The number of anilines is 2. The van der Waals surface area contributed by atoms with E-state index in [1.165, 1.54) is 6.42 Å². The van der Waals surface area contributed by atoms with Crippen molar-refractivity contribution in [3.63, 3.8) is 0 Å². The molecule has 0 saturated carbocycles. The first-order valence-electron chi connectivity index (χ1n) is 8.22.